The molecule has 0 aliphatic rings. The zero-order chi connectivity index (χ0) is 12.8. The number of ether oxygens (including phenoxy) is 1. The summed E-state index contributed by atoms with van der Waals surface area (Å²) in [5, 5.41) is 2.79. The first kappa shape index (κ1) is 13.5. The number of rotatable bonds is 5. The zero-order valence-corrected chi connectivity index (χ0v) is 10.4. The van der Waals surface area contributed by atoms with Crippen LogP contribution in [0.4, 0.5) is 4.39 Å². The molecule has 0 heterocycles. The summed E-state index contributed by atoms with van der Waals surface area (Å²) >= 11 is 0. The molecule has 0 unspecified atom stereocenters. The van der Waals surface area contributed by atoms with Gasteiger partial charge < -0.3 is 10.1 Å². The maximum atomic E-state index is 13.6. The molecule has 0 bridgehead atoms. The van der Waals surface area contributed by atoms with E-state index in [9.17, 15) is 9.18 Å². The molecular weight excluding hydrogens is 221 g/mol. The Hall–Kier alpha value is -1.58. The van der Waals surface area contributed by atoms with Crippen LogP contribution in [0.3, 0.4) is 0 Å². The number of nitrogens with one attached hydrogen (secondary N) is 1. The van der Waals surface area contributed by atoms with Crippen LogP contribution < -0.4 is 10.1 Å². The third kappa shape index (κ3) is 3.44. The van der Waals surface area contributed by atoms with Crippen LogP contribution in [0.15, 0.2) is 18.2 Å². The fourth-order valence-corrected chi connectivity index (χ4v) is 1.56. The Morgan fingerprint density at radius 2 is 2.06 bits per heavy atom. The molecule has 1 aromatic rings. The van der Waals surface area contributed by atoms with Gasteiger partial charge in [-0.15, -0.1) is 0 Å². The number of methoxy groups -OCH3 is 1. The molecule has 0 atom stereocenters. The van der Waals surface area contributed by atoms with Crippen LogP contribution >= 0.6 is 0 Å². The number of carbonyl (C=O) groups excluding carboxylic acids is 1. The van der Waals surface area contributed by atoms with Crippen molar-refractivity contribution in [2.24, 2.45) is 0 Å². The lowest BCUT2D eigenvalue weighted by atomic mass is 10.1. The molecule has 0 aliphatic carbocycles. The second-order valence-corrected chi connectivity index (χ2v) is 3.83. The van der Waals surface area contributed by atoms with Gasteiger partial charge in [0.05, 0.1) is 12.7 Å². The first-order valence-electron chi connectivity index (χ1n) is 5.76. The highest BCUT2D eigenvalue weighted by atomic mass is 19.1. The highest BCUT2D eigenvalue weighted by Crippen LogP contribution is 2.16. The van der Waals surface area contributed by atoms with Crippen LogP contribution in [0.5, 0.6) is 5.75 Å². The van der Waals surface area contributed by atoms with Gasteiger partial charge in [-0.05, 0) is 25.0 Å². The Morgan fingerprint density at radius 3 is 2.53 bits per heavy atom. The Labute approximate surface area is 101 Å². The van der Waals surface area contributed by atoms with E-state index in [0.29, 0.717) is 5.75 Å². The summed E-state index contributed by atoms with van der Waals surface area (Å²) in [6.45, 7) is 3.97. The fraction of sp³-hybridized carbons (Fsp3) is 0.462. The molecule has 0 spiro atoms. The van der Waals surface area contributed by atoms with Crippen molar-refractivity contribution in [3.05, 3.63) is 29.6 Å². The number of halogens is 1. The van der Waals surface area contributed by atoms with E-state index in [4.69, 9.17) is 4.74 Å². The topological polar surface area (TPSA) is 38.3 Å². The summed E-state index contributed by atoms with van der Waals surface area (Å²) in [6.07, 6.45) is 1.67. The molecule has 1 aromatic carbocycles. The zero-order valence-electron chi connectivity index (χ0n) is 10.4. The Bertz CT molecular complexity index is 389. The van der Waals surface area contributed by atoms with Crippen LogP contribution in [0.25, 0.3) is 0 Å². The quantitative estimate of drug-likeness (QED) is 0.858. The van der Waals surface area contributed by atoms with E-state index in [1.807, 2.05) is 13.8 Å². The summed E-state index contributed by atoms with van der Waals surface area (Å²) in [7, 11) is 1.46. The lowest BCUT2D eigenvalue weighted by Gasteiger charge is -2.15. The second-order valence-electron chi connectivity index (χ2n) is 3.83. The molecule has 1 rings (SSSR count). The van der Waals surface area contributed by atoms with E-state index >= 15 is 0 Å². The van der Waals surface area contributed by atoms with Gasteiger partial charge in [-0.1, -0.05) is 13.8 Å². The third-order valence-electron chi connectivity index (χ3n) is 2.74. The molecule has 0 aliphatic heterocycles. The van der Waals surface area contributed by atoms with Crippen molar-refractivity contribution in [3.8, 4) is 5.75 Å². The van der Waals surface area contributed by atoms with Gasteiger partial charge in [0.2, 0.25) is 0 Å². The van der Waals surface area contributed by atoms with Crippen molar-refractivity contribution < 1.29 is 13.9 Å². The van der Waals surface area contributed by atoms with Gasteiger partial charge in [-0.25, -0.2) is 4.39 Å². The van der Waals surface area contributed by atoms with Crippen molar-refractivity contribution in [2.45, 2.75) is 32.7 Å². The SMILES string of the molecule is CCC(CC)NC(=O)c1ccc(OC)cc1F. The number of carbonyl (C=O) groups is 1. The lowest BCUT2D eigenvalue weighted by Crippen LogP contribution is -2.34. The van der Waals surface area contributed by atoms with E-state index in [2.05, 4.69) is 5.32 Å². The Kier molecular flexibility index (Phi) is 4.94. The van der Waals surface area contributed by atoms with Crippen molar-refractivity contribution in [2.75, 3.05) is 7.11 Å². The summed E-state index contributed by atoms with van der Waals surface area (Å²) in [5.74, 6) is -0.534. The van der Waals surface area contributed by atoms with Crippen molar-refractivity contribution >= 4 is 5.91 Å². The van der Waals surface area contributed by atoms with Gasteiger partial charge in [0.1, 0.15) is 11.6 Å². The summed E-state index contributed by atoms with van der Waals surface area (Å²) in [5.41, 5.74) is 0.0534. The van der Waals surface area contributed by atoms with Crippen LogP contribution in [0.2, 0.25) is 0 Å². The molecular formula is C13H18FNO2. The molecule has 4 heteroatoms. The van der Waals surface area contributed by atoms with Gasteiger partial charge in [0.25, 0.3) is 5.91 Å². The van der Waals surface area contributed by atoms with Gasteiger partial charge in [-0.3, -0.25) is 4.79 Å². The smallest absolute Gasteiger partial charge is 0.254 e. The van der Waals surface area contributed by atoms with Crippen LogP contribution in [0, 0.1) is 5.82 Å². The third-order valence-corrected chi connectivity index (χ3v) is 2.74. The number of benzene rings is 1. The first-order valence-corrected chi connectivity index (χ1v) is 5.76. The number of hydrogen-bond acceptors (Lipinski definition) is 2. The van der Waals surface area contributed by atoms with Crippen molar-refractivity contribution in [1.82, 2.24) is 5.32 Å². The average Bonchev–Trinajstić information content (AvgIpc) is 2.35. The van der Waals surface area contributed by atoms with Gasteiger partial charge in [-0.2, -0.15) is 0 Å². The molecule has 17 heavy (non-hydrogen) atoms. The molecule has 94 valence electrons. The predicted molar refractivity (Wildman–Crippen MR) is 64.8 cm³/mol. The minimum absolute atomic E-state index is 0.0534. The minimum Gasteiger partial charge on any atom is -0.497 e. The largest absolute Gasteiger partial charge is 0.497 e. The highest BCUT2D eigenvalue weighted by Gasteiger charge is 2.15. The van der Waals surface area contributed by atoms with Crippen LogP contribution in [0.1, 0.15) is 37.0 Å². The molecule has 0 saturated heterocycles. The fourth-order valence-electron chi connectivity index (χ4n) is 1.56. The van der Waals surface area contributed by atoms with Gasteiger partial charge in [0, 0.05) is 12.1 Å². The lowest BCUT2D eigenvalue weighted by molar-refractivity contribution is 0.0930. The van der Waals surface area contributed by atoms with Crippen molar-refractivity contribution in [3.63, 3.8) is 0 Å². The standard InChI is InChI=1S/C13H18FNO2/c1-4-9(5-2)15-13(16)11-7-6-10(17-3)8-12(11)14/h6-9H,4-5H2,1-3H3,(H,15,16). The van der Waals surface area contributed by atoms with E-state index in [-0.39, 0.29) is 17.5 Å². The minimum atomic E-state index is -0.562. The maximum Gasteiger partial charge on any atom is 0.254 e. The van der Waals surface area contributed by atoms with Crippen LogP contribution in [-0.4, -0.2) is 19.1 Å². The first-order chi connectivity index (χ1) is 8.12. The molecule has 1 N–H and O–H groups in total. The van der Waals surface area contributed by atoms with Gasteiger partial charge in [0.15, 0.2) is 0 Å². The molecule has 0 radical (unpaired) electrons. The van der Waals surface area contributed by atoms with E-state index < -0.39 is 5.82 Å². The van der Waals surface area contributed by atoms with E-state index in [1.165, 1.54) is 19.2 Å². The monoisotopic (exact) mass is 239 g/mol. The summed E-state index contributed by atoms with van der Waals surface area (Å²) < 4.78 is 18.5. The molecule has 0 fully saturated rings. The molecule has 3 nitrogen and oxygen atoms in total. The predicted octanol–water partition coefficient (Wildman–Crippen LogP) is 2.75. The number of hydrogen-bond donors (Lipinski definition) is 1. The molecule has 1 amide bonds. The number of amides is 1. The maximum absolute atomic E-state index is 13.6. The Morgan fingerprint density at radius 1 is 1.41 bits per heavy atom. The molecule has 0 aromatic heterocycles. The van der Waals surface area contributed by atoms with Crippen LogP contribution in [-0.2, 0) is 0 Å². The molecule has 0 saturated carbocycles. The van der Waals surface area contributed by atoms with E-state index in [1.54, 1.807) is 6.07 Å². The normalized spacial score (nSPS) is 10.4. The average molecular weight is 239 g/mol. The summed E-state index contributed by atoms with van der Waals surface area (Å²) in [4.78, 5) is 11.8. The Balaban J connectivity index is 2.82. The highest BCUT2D eigenvalue weighted by molar-refractivity contribution is 5.94. The van der Waals surface area contributed by atoms with E-state index in [0.717, 1.165) is 12.8 Å². The summed E-state index contributed by atoms with van der Waals surface area (Å²) in [6, 6.07) is 4.31. The second kappa shape index (κ2) is 6.23. The van der Waals surface area contributed by atoms with Crippen molar-refractivity contribution in [1.29, 1.82) is 0 Å². The van der Waals surface area contributed by atoms with Gasteiger partial charge >= 0.3 is 0 Å².